The molecule has 11 heavy (non-hydrogen) atoms. The Kier molecular flexibility index (Phi) is 2.76. The monoisotopic (exact) mass is 181 g/mol. The van der Waals surface area contributed by atoms with E-state index in [1.807, 2.05) is 0 Å². The predicted molar refractivity (Wildman–Crippen MR) is 21.2 cm³/mol. The average Bonchev–Trinajstić information content (AvgIpc) is 1.56. The predicted octanol–water partition coefficient (Wildman–Crippen LogP) is 2.30. The van der Waals surface area contributed by atoms with Gasteiger partial charge in [0.25, 0.3) is 0 Å². The lowest BCUT2D eigenvalue weighted by molar-refractivity contribution is -0.257. The Morgan fingerprint density at radius 1 is 1.00 bits per heavy atom. The molecule has 0 aliphatic heterocycles. The van der Waals surface area contributed by atoms with Crippen LogP contribution in [0.3, 0.4) is 0 Å². The van der Waals surface area contributed by atoms with Crippen molar-refractivity contribution in [3.63, 3.8) is 0 Å². The Hall–Kier alpha value is -0.460. The van der Waals surface area contributed by atoms with Crippen LogP contribution in [0.1, 0.15) is 6.42 Å². The Morgan fingerprint density at radius 2 is 1.36 bits per heavy atom. The van der Waals surface area contributed by atoms with Gasteiger partial charge in [-0.15, -0.1) is 0 Å². The van der Waals surface area contributed by atoms with E-state index in [0.29, 0.717) is 0 Å². The van der Waals surface area contributed by atoms with Crippen LogP contribution in [0.2, 0.25) is 0 Å². The van der Waals surface area contributed by atoms with Gasteiger partial charge in [-0.2, -0.15) is 26.3 Å². The molecule has 0 saturated carbocycles. The van der Waals surface area contributed by atoms with Crippen LogP contribution in [0.5, 0.6) is 0 Å². The molecule has 0 bridgehead atoms. The summed E-state index contributed by atoms with van der Waals surface area (Å²) in [7, 11) is 0. The Labute approximate surface area is 57.6 Å². The van der Waals surface area contributed by atoms with Crippen LogP contribution < -0.4 is 0 Å². The van der Waals surface area contributed by atoms with Gasteiger partial charge in [-0.3, -0.25) is 0 Å². The molecule has 7 heteroatoms. The minimum Gasteiger partial charge on any atom is -0.223 e. The van der Waals surface area contributed by atoms with E-state index in [2.05, 4.69) is 0 Å². The van der Waals surface area contributed by atoms with Crippen LogP contribution in [0, 0.1) is 0 Å². The van der Waals surface area contributed by atoms with Crippen molar-refractivity contribution in [1.29, 1.82) is 0 Å². The van der Waals surface area contributed by atoms with Crippen molar-refractivity contribution in [2.75, 3.05) is 0 Å². The second-order valence-corrected chi connectivity index (χ2v) is 1.85. The number of rotatable bonds is 1. The standard InChI is InChI=1S/C4H3F6O/c5-3(6,7)1-2(11)4(8,9)10/h2H,1H2. The first-order valence-electron chi connectivity index (χ1n) is 2.42. The van der Waals surface area contributed by atoms with Crippen molar-refractivity contribution in [2.45, 2.75) is 24.9 Å². The van der Waals surface area contributed by atoms with E-state index in [1.54, 1.807) is 0 Å². The molecule has 0 aliphatic carbocycles. The number of hydrogen-bond donors (Lipinski definition) is 0. The molecule has 0 aliphatic rings. The molecular formula is C4H3F6O. The van der Waals surface area contributed by atoms with Gasteiger partial charge in [0.05, 0.1) is 6.42 Å². The van der Waals surface area contributed by atoms with Crippen molar-refractivity contribution >= 4 is 0 Å². The zero-order valence-electron chi connectivity index (χ0n) is 4.96. The van der Waals surface area contributed by atoms with Gasteiger partial charge in [-0.1, -0.05) is 0 Å². The minimum absolute atomic E-state index is 2.36. The fraction of sp³-hybridized carbons (Fsp3) is 1.00. The number of halogens is 6. The lowest BCUT2D eigenvalue weighted by Crippen LogP contribution is -2.32. The molecule has 0 fully saturated rings. The maximum absolute atomic E-state index is 11.2. The topological polar surface area (TPSA) is 19.9 Å². The molecule has 0 amide bonds. The zero-order valence-corrected chi connectivity index (χ0v) is 4.96. The van der Waals surface area contributed by atoms with Crippen molar-refractivity contribution in [1.82, 2.24) is 0 Å². The molecule has 1 unspecified atom stereocenters. The van der Waals surface area contributed by atoms with E-state index < -0.39 is 24.9 Å². The molecule has 0 heterocycles. The molecule has 1 radical (unpaired) electrons. The third-order valence-electron chi connectivity index (χ3n) is 0.782. The van der Waals surface area contributed by atoms with E-state index in [0.717, 1.165) is 0 Å². The molecular weight excluding hydrogens is 178 g/mol. The Morgan fingerprint density at radius 3 is 1.45 bits per heavy atom. The number of hydrogen-bond acceptors (Lipinski definition) is 0. The molecule has 1 nitrogen and oxygen atoms in total. The van der Waals surface area contributed by atoms with Crippen LogP contribution in [0.4, 0.5) is 26.3 Å². The van der Waals surface area contributed by atoms with E-state index in [-0.39, 0.29) is 0 Å². The average molecular weight is 181 g/mol. The first-order chi connectivity index (χ1) is 4.63. The van der Waals surface area contributed by atoms with E-state index in [1.165, 1.54) is 0 Å². The Bertz CT molecular complexity index is 124. The fourth-order valence-corrected chi connectivity index (χ4v) is 0.326. The molecule has 0 aromatic carbocycles. The van der Waals surface area contributed by atoms with Gasteiger partial charge in [0.1, 0.15) is 0 Å². The summed E-state index contributed by atoms with van der Waals surface area (Å²) in [5, 5.41) is 9.72. The van der Waals surface area contributed by atoms with E-state index in [9.17, 15) is 31.4 Å². The van der Waals surface area contributed by atoms with Gasteiger partial charge in [0, 0.05) is 0 Å². The molecule has 1 atom stereocenters. The number of alkyl halides is 6. The minimum atomic E-state index is -5.31. The highest BCUT2D eigenvalue weighted by atomic mass is 19.4. The molecule has 0 aromatic heterocycles. The fourth-order valence-electron chi connectivity index (χ4n) is 0.326. The SMILES string of the molecule is [O]C(CC(F)(F)F)C(F)(F)F. The summed E-state index contributed by atoms with van der Waals surface area (Å²) < 4.78 is 66.9. The quantitative estimate of drug-likeness (QED) is 0.553. The highest BCUT2D eigenvalue weighted by Gasteiger charge is 2.46. The molecule has 0 saturated heterocycles. The highest BCUT2D eigenvalue weighted by Crippen LogP contribution is 2.30. The van der Waals surface area contributed by atoms with Crippen molar-refractivity contribution in [2.24, 2.45) is 0 Å². The van der Waals surface area contributed by atoms with Crippen LogP contribution in [0.25, 0.3) is 0 Å². The summed E-state index contributed by atoms with van der Waals surface area (Å²) in [6.45, 7) is 0. The van der Waals surface area contributed by atoms with Gasteiger partial charge < -0.3 is 0 Å². The smallest absolute Gasteiger partial charge is 0.223 e. The van der Waals surface area contributed by atoms with Crippen LogP contribution >= 0.6 is 0 Å². The maximum Gasteiger partial charge on any atom is 0.418 e. The second-order valence-electron chi connectivity index (χ2n) is 1.85. The molecule has 0 N–H and O–H groups in total. The third-order valence-corrected chi connectivity index (χ3v) is 0.782. The zero-order chi connectivity index (χ0) is 9.28. The molecule has 67 valence electrons. The molecule has 0 rings (SSSR count). The van der Waals surface area contributed by atoms with E-state index >= 15 is 0 Å². The van der Waals surface area contributed by atoms with Crippen LogP contribution in [-0.2, 0) is 5.11 Å². The second kappa shape index (κ2) is 2.88. The van der Waals surface area contributed by atoms with Crippen molar-refractivity contribution in [3.8, 4) is 0 Å². The lowest BCUT2D eigenvalue weighted by Gasteiger charge is -2.13. The largest absolute Gasteiger partial charge is 0.418 e. The van der Waals surface area contributed by atoms with E-state index in [4.69, 9.17) is 0 Å². The van der Waals surface area contributed by atoms with Crippen LogP contribution in [-0.4, -0.2) is 18.5 Å². The Balaban J connectivity index is 3.99. The van der Waals surface area contributed by atoms with Gasteiger partial charge >= 0.3 is 12.4 Å². The maximum atomic E-state index is 11.2. The van der Waals surface area contributed by atoms with Crippen molar-refractivity contribution in [3.05, 3.63) is 0 Å². The highest BCUT2D eigenvalue weighted by molar-refractivity contribution is 4.68. The first-order valence-corrected chi connectivity index (χ1v) is 2.42. The lowest BCUT2D eigenvalue weighted by atomic mass is 10.2. The summed E-state index contributed by atoms with van der Waals surface area (Å²) in [5.41, 5.74) is 0. The van der Waals surface area contributed by atoms with Crippen molar-refractivity contribution < 1.29 is 31.4 Å². The summed E-state index contributed by atoms with van der Waals surface area (Å²) in [4.78, 5) is 0. The summed E-state index contributed by atoms with van der Waals surface area (Å²) in [5.74, 6) is 0. The van der Waals surface area contributed by atoms with Gasteiger partial charge in [0.15, 0.2) is 6.10 Å². The summed E-state index contributed by atoms with van der Waals surface area (Å²) >= 11 is 0. The van der Waals surface area contributed by atoms with Gasteiger partial charge in [-0.05, 0) is 0 Å². The summed E-state index contributed by atoms with van der Waals surface area (Å²) in [6, 6.07) is 0. The summed E-state index contributed by atoms with van der Waals surface area (Å²) in [6.07, 6.45) is -16.3. The van der Waals surface area contributed by atoms with Gasteiger partial charge in [-0.25, -0.2) is 5.11 Å². The van der Waals surface area contributed by atoms with Gasteiger partial charge in [0.2, 0.25) is 0 Å². The first kappa shape index (κ1) is 10.5. The molecule has 0 aromatic rings. The normalized spacial score (nSPS) is 16.6. The molecule has 0 spiro atoms. The third kappa shape index (κ3) is 4.88. The van der Waals surface area contributed by atoms with Crippen LogP contribution in [0.15, 0.2) is 0 Å².